The zero-order chi connectivity index (χ0) is 39.3. The highest BCUT2D eigenvalue weighted by molar-refractivity contribution is 7.47. The minimum atomic E-state index is -4.90. The van der Waals surface area contributed by atoms with E-state index in [1.807, 2.05) is 0 Å². The van der Waals surface area contributed by atoms with Crippen LogP contribution in [0.5, 0.6) is 0 Å². The van der Waals surface area contributed by atoms with Crippen LogP contribution in [0.25, 0.3) is 0 Å². The van der Waals surface area contributed by atoms with Crippen LogP contribution in [0.3, 0.4) is 0 Å². The topological polar surface area (TPSA) is 237 Å². The molecule has 0 aromatic heterocycles. The summed E-state index contributed by atoms with van der Waals surface area (Å²) in [5, 5.41) is 10.1. The molecule has 52 heavy (non-hydrogen) atoms. The third-order valence-corrected chi connectivity index (χ3v) is 8.59. The number of phosphoric ester groups is 2. The van der Waals surface area contributed by atoms with Gasteiger partial charge in [-0.05, 0) is 12.8 Å². The molecule has 2 unspecified atom stereocenters. The summed E-state index contributed by atoms with van der Waals surface area (Å²) in [5.74, 6) is -2.53. The van der Waals surface area contributed by atoms with Crippen molar-refractivity contribution in [2.75, 3.05) is 39.6 Å². The summed E-state index contributed by atoms with van der Waals surface area (Å²) in [4.78, 5) is 68.2. The number of esters is 4. The zero-order valence-electron chi connectivity index (χ0n) is 30.1. The van der Waals surface area contributed by atoms with E-state index in [1.165, 1.54) is 0 Å². The van der Waals surface area contributed by atoms with Crippen LogP contribution >= 0.6 is 15.6 Å². The van der Waals surface area contributed by atoms with Crippen molar-refractivity contribution in [2.24, 2.45) is 0 Å². The highest BCUT2D eigenvalue weighted by Crippen LogP contribution is 2.45. The Bertz CT molecular complexity index is 1010. The fourth-order valence-electron chi connectivity index (χ4n) is 3.96. The van der Waals surface area contributed by atoms with Gasteiger partial charge in [0.15, 0.2) is 12.2 Å². The SMILES string of the molecule is [CH2-]CCCCCCC(=O)OC[C@H](COP(=O)(O)OCC(O)COP(=O)(O)OC[C@@H](COC(=O)CCCCCC[CH2-])OC(=O)CC[CH2-])OC(=O)CC[CH2-]. The number of carbonyl (C=O) groups is 4. The molecule has 3 N–H and O–H groups in total. The predicted octanol–water partition coefficient (Wildman–Crippen LogP) is 5.10. The summed E-state index contributed by atoms with van der Waals surface area (Å²) in [7, 11) is -9.80. The van der Waals surface area contributed by atoms with Crippen LogP contribution in [0.1, 0.15) is 103 Å². The van der Waals surface area contributed by atoms with Crippen LogP contribution in [0.4, 0.5) is 0 Å². The molecule has 0 rings (SSSR count). The van der Waals surface area contributed by atoms with Crippen molar-refractivity contribution in [3.63, 3.8) is 0 Å². The summed E-state index contributed by atoms with van der Waals surface area (Å²) in [6.07, 6.45) is 4.42. The summed E-state index contributed by atoms with van der Waals surface area (Å²) < 4.78 is 64.5. The third-order valence-electron chi connectivity index (χ3n) is 6.69. The minimum Gasteiger partial charge on any atom is -0.462 e. The van der Waals surface area contributed by atoms with E-state index in [2.05, 4.69) is 27.7 Å². The molecular weight excluding hydrogens is 730 g/mol. The molecule has 0 aromatic carbocycles. The lowest BCUT2D eigenvalue weighted by molar-refractivity contribution is -0.161. The third kappa shape index (κ3) is 29.5. The molecule has 0 aliphatic carbocycles. The van der Waals surface area contributed by atoms with Gasteiger partial charge in [0.05, 0.1) is 26.4 Å². The van der Waals surface area contributed by atoms with Gasteiger partial charge in [0.25, 0.3) is 0 Å². The van der Waals surface area contributed by atoms with Crippen LogP contribution < -0.4 is 0 Å². The molecule has 0 aromatic rings. The predicted molar refractivity (Wildman–Crippen MR) is 186 cm³/mol. The lowest BCUT2D eigenvalue weighted by Crippen LogP contribution is -2.30. The van der Waals surface area contributed by atoms with E-state index in [4.69, 9.17) is 37.0 Å². The van der Waals surface area contributed by atoms with Gasteiger partial charge in [0.1, 0.15) is 19.3 Å². The van der Waals surface area contributed by atoms with Crippen molar-refractivity contribution >= 4 is 39.5 Å². The van der Waals surface area contributed by atoms with Crippen molar-refractivity contribution in [3.05, 3.63) is 27.7 Å². The molecule has 0 saturated carbocycles. The van der Waals surface area contributed by atoms with Crippen molar-refractivity contribution < 1.29 is 80.2 Å². The van der Waals surface area contributed by atoms with Crippen LogP contribution in [0.2, 0.25) is 0 Å². The van der Waals surface area contributed by atoms with Gasteiger partial charge in [-0.15, -0.1) is 0 Å². The molecular formula is C33H58O17P2-4. The Morgan fingerprint density at radius 3 is 1.15 bits per heavy atom. The number of aliphatic hydroxyl groups is 1. The molecule has 0 amide bonds. The van der Waals surface area contributed by atoms with E-state index in [0.29, 0.717) is 12.8 Å². The molecule has 0 spiro atoms. The summed E-state index contributed by atoms with van der Waals surface area (Å²) in [6, 6.07) is 0. The lowest BCUT2D eigenvalue weighted by Gasteiger charge is -2.21. The van der Waals surface area contributed by atoms with Crippen molar-refractivity contribution in [2.45, 2.75) is 121 Å². The number of aliphatic hydroxyl groups excluding tert-OH is 1. The Morgan fingerprint density at radius 2 is 0.808 bits per heavy atom. The Hall–Kier alpha value is -1.94. The maximum absolute atomic E-state index is 12.4. The van der Waals surface area contributed by atoms with E-state index < -0.39 is 97.5 Å². The minimum absolute atomic E-state index is 0.0672. The van der Waals surface area contributed by atoms with Crippen LogP contribution in [0.15, 0.2) is 0 Å². The van der Waals surface area contributed by atoms with Gasteiger partial charge in [0, 0.05) is 25.7 Å². The highest BCUT2D eigenvalue weighted by Gasteiger charge is 2.30. The lowest BCUT2D eigenvalue weighted by atomic mass is 10.1. The van der Waals surface area contributed by atoms with Gasteiger partial charge in [-0.25, -0.2) is 9.13 Å². The molecule has 17 nitrogen and oxygen atoms in total. The Balaban J connectivity index is 4.87. The second-order valence-electron chi connectivity index (χ2n) is 11.6. The van der Waals surface area contributed by atoms with E-state index >= 15 is 0 Å². The normalized spacial score (nSPS) is 15.4. The molecule has 0 radical (unpaired) electrons. The molecule has 0 saturated heterocycles. The van der Waals surface area contributed by atoms with E-state index in [-0.39, 0.29) is 38.5 Å². The van der Waals surface area contributed by atoms with Crippen molar-refractivity contribution in [1.82, 2.24) is 0 Å². The van der Waals surface area contributed by atoms with Gasteiger partial charge >= 0.3 is 39.5 Å². The second kappa shape index (κ2) is 30.4. The van der Waals surface area contributed by atoms with Crippen molar-refractivity contribution in [1.29, 1.82) is 0 Å². The number of hydrogen-bond acceptors (Lipinski definition) is 15. The highest BCUT2D eigenvalue weighted by atomic mass is 31.2. The van der Waals surface area contributed by atoms with Gasteiger partial charge in [-0.2, -0.15) is 25.7 Å². The van der Waals surface area contributed by atoms with Gasteiger partial charge in [-0.1, -0.05) is 38.5 Å². The average Bonchev–Trinajstić information content (AvgIpc) is 3.09. The van der Waals surface area contributed by atoms with Gasteiger partial charge in [-0.3, -0.25) is 37.3 Å². The maximum Gasteiger partial charge on any atom is 0.472 e. The summed E-state index contributed by atoms with van der Waals surface area (Å²) >= 11 is 0. The molecule has 0 heterocycles. The first kappa shape index (κ1) is 50.1. The van der Waals surface area contributed by atoms with E-state index in [1.54, 1.807) is 0 Å². The van der Waals surface area contributed by atoms with E-state index in [9.17, 15) is 43.2 Å². The molecule has 0 fully saturated rings. The quantitative estimate of drug-likeness (QED) is 0.0253. The van der Waals surface area contributed by atoms with Crippen LogP contribution in [-0.2, 0) is 65.4 Å². The monoisotopic (exact) mass is 788 g/mol. The maximum atomic E-state index is 12.4. The Morgan fingerprint density at radius 1 is 0.462 bits per heavy atom. The molecule has 0 aliphatic rings. The fourth-order valence-corrected chi connectivity index (χ4v) is 5.54. The second-order valence-corrected chi connectivity index (χ2v) is 14.5. The first-order valence-electron chi connectivity index (χ1n) is 17.5. The number of carbonyl (C=O) groups excluding carboxylic acids is 4. The number of ether oxygens (including phenoxy) is 4. The molecule has 0 bridgehead atoms. The number of phosphoric acid groups is 2. The number of hydrogen-bond donors (Lipinski definition) is 3. The van der Waals surface area contributed by atoms with Crippen molar-refractivity contribution in [3.8, 4) is 0 Å². The average molecular weight is 789 g/mol. The largest absolute Gasteiger partial charge is 0.472 e. The molecule has 0 aliphatic heterocycles. The first-order valence-corrected chi connectivity index (χ1v) is 20.4. The first-order chi connectivity index (χ1) is 24.7. The standard InChI is InChI=1S/C33H58O17P2/c1-5-9-11-13-15-19-30(35)43-23-28(49-32(37)17-7-3)25-47-51(39,40)45-21-27(34)22-46-52(41,42)48-26-29(50-33(38)18-8-4)24-44-31(36)20-16-14-12-10-6-2/h27-29,34H,1-26H2,(H,39,40)(H,41,42)/q-4/t28-,29-/m1/s1. The fraction of sp³-hybridized carbons (Fsp3) is 0.758. The van der Waals surface area contributed by atoms with Gasteiger partial charge < -0.3 is 61.5 Å². The van der Waals surface area contributed by atoms with Crippen LogP contribution in [-0.4, -0.2) is 96.7 Å². The van der Waals surface area contributed by atoms with Gasteiger partial charge in [0.2, 0.25) is 0 Å². The molecule has 19 heteroatoms. The number of unbranched alkanes of at least 4 members (excludes halogenated alkanes) is 8. The summed E-state index contributed by atoms with van der Waals surface area (Å²) in [5.41, 5.74) is 0. The molecule has 306 valence electrons. The Labute approximate surface area is 307 Å². The molecule has 4 atom stereocenters. The number of rotatable bonds is 34. The van der Waals surface area contributed by atoms with E-state index in [0.717, 1.165) is 51.4 Å². The smallest absolute Gasteiger partial charge is 0.462 e. The summed E-state index contributed by atoms with van der Waals surface area (Å²) in [6.45, 7) is 10.4. The van der Waals surface area contributed by atoms with Crippen LogP contribution in [0, 0.1) is 27.7 Å². The zero-order valence-corrected chi connectivity index (χ0v) is 31.9. The Kier molecular flexibility index (Phi) is 29.3.